The summed E-state index contributed by atoms with van der Waals surface area (Å²) in [5.74, 6) is -1.07. The third kappa shape index (κ3) is 8.77. The molecule has 2 N–H and O–H groups in total. The van der Waals surface area contributed by atoms with E-state index in [1.54, 1.807) is 51.1 Å². The highest BCUT2D eigenvalue weighted by Crippen LogP contribution is 2.30. The maximum Gasteiger partial charge on any atom is 0.408 e. The number of hydrogen-bond donors (Lipinski definition) is 2. The van der Waals surface area contributed by atoms with Crippen molar-refractivity contribution in [3.05, 3.63) is 64.2 Å². The number of nitriles is 1. The van der Waals surface area contributed by atoms with Crippen LogP contribution in [0.5, 0.6) is 0 Å². The summed E-state index contributed by atoms with van der Waals surface area (Å²) in [7, 11) is 0. The number of carbonyl (C=O) groups excluding carboxylic acids is 3. The first-order valence-electron chi connectivity index (χ1n) is 12.5. The van der Waals surface area contributed by atoms with Crippen LogP contribution in [0.15, 0.2) is 42.5 Å². The summed E-state index contributed by atoms with van der Waals surface area (Å²) < 4.78 is 5.37. The Bertz CT molecular complexity index is 1180. The maximum absolute atomic E-state index is 14.0. The fourth-order valence-electron chi connectivity index (χ4n) is 4.01. The summed E-state index contributed by atoms with van der Waals surface area (Å²) in [6.07, 6.45) is -0.470. The molecule has 2 aromatic carbocycles. The van der Waals surface area contributed by atoms with Crippen LogP contribution in [-0.2, 0) is 14.3 Å². The number of rotatable bonds is 9. The normalized spacial score (nSPS) is 12.7. The standard InChI is InChI=1S/C29H37ClN4O4/c1-18(2)16-23(32-28(37)38-29(5,6)7)27(36)34(15-14-31)25(21-12-8-10-19(3)17-21)26(35)33-24-20(4)11-9-13-22(24)30/h8-13,17-18,23,25H,15-16H2,1-7H3,(H,32,37)(H,33,35). The molecule has 0 heterocycles. The highest BCUT2D eigenvalue weighted by Gasteiger charge is 2.37. The van der Waals surface area contributed by atoms with E-state index in [0.29, 0.717) is 16.3 Å². The third-order valence-corrected chi connectivity index (χ3v) is 5.92. The number of carbonyl (C=O) groups is 3. The van der Waals surface area contributed by atoms with Gasteiger partial charge in [-0.1, -0.05) is 67.4 Å². The Morgan fingerprint density at radius 3 is 2.32 bits per heavy atom. The van der Waals surface area contributed by atoms with Crippen LogP contribution in [0.25, 0.3) is 0 Å². The minimum atomic E-state index is -1.16. The molecule has 2 aromatic rings. The molecule has 0 aliphatic heterocycles. The van der Waals surface area contributed by atoms with Crippen LogP contribution in [0.3, 0.4) is 0 Å². The molecular formula is C29H37ClN4O4. The van der Waals surface area contributed by atoms with Crippen LogP contribution in [0.4, 0.5) is 10.5 Å². The molecular weight excluding hydrogens is 504 g/mol. The lowest BCUT2D eigenvalue weighted by atomic mass is 9.98. The van der Waals surface area contributed by atoms with E-state index in [-0.39, 0.29) is 18.9 Å². The average Bonchev–Trinajstić information content (AvgIpc) is 2.79. The topological polar surface area (TPSA) is 112 Å². The van der Waals surface area contributed by atoms with Gasteiger partial charge in [0, 0.05) is 0 Å². The van der Waals surface area contributed by atoms with Gasteiger partial charge in [-0.2, -0.15) is 5.26 Å². The zero-order valence-electron chi connectivity index (χ0n) is 23.1. The van der Waals surface area contributed by atoms with Gasteiger partial charge in [-0.15, -0.1) is 0 Å². The maximum atomic E-state index is 14.0. The Morgan fingerprint density at radius 2 is 1.76 bits per heavy atom. The highest BCUT2D eigenvalue weighted by molar-refractivity contribution is 6.34. The van der Waals surface area contributed by atoms with E-state index < -0.39 is 35.6 Å². The second-order valence-electron chi connectivity index (χ2n) is 10.7. The first-order chi connectivity index (χ1) is 17.7. The Kier molecular flexibility index (Phi) is 10.7. The fraction of sp³-hybridized carbons (Fsp3) is 0.448. The minimum Gasteiger partial charge on any atom is -0.444 e. The van der Waals surface area contributed by atoms with Crippen molar-refractivity contribution in [1.82, 2.24) is 10.2 Å². The van der Waals surface area contributed by atoms with Crippen molar-refractivity contribution in [3.8, 4) is 6.07 Å². The number of aryl methyl sites for hydroxylation is 2. The zero-order chi connectivity index (χ0) is 28.6. The van der Waals surface area contributed by atoms with Gasteiger partial charge in [-0.3, -0.25) is 9.59 Å². The van der Waals surface area contributed by atoms with Gasteiger partial charge >= 0.3 is 6.09 Å². The second kappa shape index (κ2) is 13.3. The van der Waals surface area contributed by atoms with Crippen molar-refractivity contribution in [1.29, 1.82) is 5.26 Å². The first kappa shape index (κ1) is 30.7. The highest BCUT2D eigenvalue weighted by atomic mass is 35.5. The first-order valence-corrected chi connectivity index (χ1v) is 12.9. The van der Waals surface area contributed by atoms with Crippen molar-refractivity contribution >= 4 is 35.2 Å². The number of amides is 3. The molecule has 0 saturated carbocycles. The monoisotopic (exact) mass is 540 g/mol. The van der Waals surface area contributed by atoms with Crippen LogP contribution < -0.4 is 10.6 Å². The van der Waals surface area contributed by atoms with Crippen LogP contribution in [-0.4, -0.2) is 41.0 Å². The van der Waals surface area contributed by atoms with E-state index in [0.717, 1.165) is 11.1 Å². The van der Waals surface area contributed by atoms with E-state index in [1.165, 1.54) is 4.90 Å². The third-order valence-electron chi connectivity index (χ3n) is 5.61. The Balaban J connectivity index is 2.55. The van der Waals surface area contributed by atoms with Crippen molar-refractivity contribution < 1.29 is 19.1 Å². The van der Waals surface area contributed by atoms with E-state index >= 15 is 0 Å². The summed E-state index contributed by atoms with van der Waals surface area (Å²) in [5.41, 5.74) is 1.81. The largest absolute Gasteiger partial charge is 0.444 e. The number of ether oxygens (including phenoxy) is 1. The van der Waals surface area contributed by atoms with Gasteiger partial charge in [0.25, 0.3) is 5.91 Å². The summed E-state index contributed by atoms with van der Waals surface area (Å²) in [6.45, 7) is 12.3. The molecule has 0 radical (unpaired) electrons. The van der Waals surface area contributed by atoms with Crippen molar-refractivity contribution in [2.75, 3.05) is 11.9 Å². The van der Waals surface area contributed by atoms with Gasteiger partial charge in [-0.05, 0) is 64.2 Å². The SMILES string of the molecule is Cc1cccc(C(C(=O)Nc2c(C)cccc2Cl)N(CC#N)C(=O)C(CC(C)C)NC(=O)OC(C)(C)C)c1. The summed E-state index contributed by atoms with van der Waals surface area (Å²) in [6, 6.07) is 12.3. The molecule has 2 unspecified atom stereocenters. The molecule has 3 amide bonds. The summed E-state index contributed by atoms with van der Waals surface area (Å²) in [4.78, 5) is 41.6. The van der Waals surface area contributed by atoms with Gasteiger partial charge in [0.1, 0.15) is 24.2 Å². The number of nitrogens with zero attached hydrogens (tertiary/aromatic N) is 2. The second-order valence-corrected chi connectivity index (χ2v) is 11.1. The molecule has 9 heteroatoms. The minimum absolute atomic E-state index is 0.0276. The number of anilines is 1. The average molecular weight is 541 g/mol. The lowest BCUT2D eigenvalue weighted by Gasteiger charge is -2.33. The Labute approximate surface area is 230 Å². The number of para-hydroxylation sites is 1. The molecule has 0 saturated heterocycles. The molecule has 8 nitrogen and oxygen atoms in total. The van der Waals surface area contributed by atoms with Crippen molar-refractivity contribution in [3.63, 3.8) is 0 Å². The van der Waals surface area contributed by atoms with E-state index in [1.807, 2.05) is 45.9 Å². The van der Waals surface area contributed by atoms with Crippen LogP contribution >= 0.6 is 11.6 Å². The summed E-state index contributed by atoms with van der Waals surface area (Å²) >= 11 is 6.36. The number of hydrogen-bond acceptors (Lipinski definition) is 5. The van der Waals surface area contributed by atoms with Gasteiger partial charge in [0.2, 0.25) is 5.91 Å². The Morgan fingerprint density at radius 1 is 1.11 bits per heavy atom. The zero-order valence-corrected chi connectivity index (χ0v) is 23.8. The van der Waals surface area contributed by atoms with Crippen LogP contribution in [0, 0.1) is 31.1 Å². The molecule has 38 heavy (non-hydrogen) atoms. The van der Waals surface area contributed by atoms with Gasteiger partial charge in [0.15, 0.2) is 0 Å². The fourth-order valence-corrected chi connectivity index (χ4v) is 4.28. The van der Waals surface area contributed by atoms with Crippen LogP contribution in [0.2, 0.25) is 5.02 Å². The molecule has 0 spiro atoms. The molecule has 0 aromatic heterocycles. The van der Waals surface area contributed by atoms with E-state index in [4.69, 9.17) is 16.3 Å². The number of halogens is 1. The number of alkyl carbamates (subject to hydrolysis) is 1. The lowest BCUT2D eigenvalue weighted by Crippen LogP contribution is -2.53. The molecule has 2 rings (SSSR count). The van der Waals surface area contributed by atoms with Gasteiger partial charge in [-0.25, -0.2) is 4.79 Å². The predicted octanol–water partition coefficient (Wildman–Crippen LogP) is 5.93. The molecule has 204 valence electrons. The van der Waals surface area contributed by atoms with Gasteiger partial charge < -0.3 is 20.3 Å². The molecule has 2 atom stereocenters. The lowest BCUT2D eigenvalue weighted by molar-refractivity contribution is -0.140. The predicted molar refractivity (Wildman–Crippen MR) is 149 cm³/mol. The molecule has 0 aliphatic rings. The molecule has 0 fully saturated rings. The van der Waals surface area contributed by atoms with Gasteiger partial charge in [0.05, 0.1) is 16.8 Å². The number of benzene rings is 2. The van der Waals surface area contributed by atoms with Crippen molar-refractivity contribution in [2.45, 2.75) is 72.6 Å². The number of nitrogens with one attached hydrogen (secondary N) is 2. The quantitative estimate of drug-likeness (QED) is 0.383. The van der Waals surface area contributed by atoms with Crippen molar-refractivity contribution in [2.24, 2.45) is 5.92 Å². The smallest absolute Gasteiger partial charge is 0.408 e. The van der Waals surface area contributed by atoms with Crippen LogP contribution in [0.1, 0.15) is 63.8 Å². The summed E-state index contributed by atoms with van der Waals surface area (Å²) in [5, 5.41) is 15.5. The van der Waals surface area contributed by atoms with E-state index in [2.05, 4.69) is 10.6 Å². The molecule has 0 aliphatic carbocycles. The molecule has 0 bridgehead atoms. The van der Waals surface area contributed by atoms with E-state index in [9.17, 15) is 19.6 Å². The Hall–Kier alpha value is -3.57.